The minimum Gasteiger partial charge on any atom is -0.493 e. The monoisotopic (exact) mass is 463 g/mol. The maximum atomic E-state index is 12.9. The number of benzene rings is 1. The molecule has 1 atom stereocenters. The lowest BCUT2D eigenvalue weighted by Crippen LogP contribution is -2.36. The van der Waals surface area contributed by atoms with Crippen molar-refractivity contribution in [2.45, 2.75) is 57.9 Å². The van der Waals surface area contributed by atoms with E-state index in [2.05, 4.69) is 19.8 Å². The summed E-state index contributed by atoms with van der Waals surface area (Å²) in [7, 11) is -3.92. The molecule has 3 N–H and O–H groups in total. The van der Waals surface area contributed by atoms with Gasteiger partial charge in [-0.2, -0.15) is 0 Å². The molecule has 1 unspecified atom stereocenters. The molecule has 0 aliphatic carbocycles. The second kappa shape index (κ2) is 9.80. The Kier molecular flexibility index (Phi) is 7.32. The molecule has 32 heavy (non-hydrogen) atoms. The average molecular weight is 464 g/mol. The SMILES string of the molecule is CCCc1nc(C)c2c(=O)[nH]c(-c3cc(S(=O)(=O)NC(CC)CO)ccc3OCC)nn12. The number of sulfonamides is 1. The van der Waals surface area contributed by atoms with Crippen molar-refractivity contribution in [3.05, 3.63) is 40.1 Å². The largest absolute Gasteiger partial charge is 0.493 e. The number of rotatable bonds is 10. The van der Waals surface area contributed by atoms with Crippen molar-refractivity contribution in [3.63, 3.8) is 0 Å². The van der Waals surface area contributed by atoms with Gasteiger partial charge in [0.25, 0.3) is 5.56 Å². The number of hydrogen-bond acceptors (Lipinski definition) is 7. The predicted molar refractivity (Wildman–Crippen MR) is 120 cm³/mol. The number of nitrogens with one attached hydrogen (secondary N) is 2. The molecule has 2 heterocycles. The number of hydrogen-bond donors (Lipinski definition) is 3. The molecule has 0 aliphatic heterocycles. The fourth-order valence-corrected chi connectivity index (χ4v) is 4.76. The molecule has 3 rings (SSSR count). The lowest BCUT2D eigenvalue weighted by molar-refractivity contribution is 0.254. The summed E-state index contributed by atoms with van der Waals surface area (Å²) >= 11 is 0. The standard InChI is InChI=1S/C21H29N5O5S/c1-5-8-18-22-13(4)19-21(28)23-20(24-26(18)19)16-11-15(9-10-17(16)31-7-3)32(29,30)25-14(6-2)12-27/h9-11,14,25,27H,5-8,12H2,1-4H3,(H,23,24,28). The molecule has 0 radical (unpaired) electrons. The Morgan fingerprint density at radius 3 is 2.66 bits per heavy atom. The number of aliphatic hydroxyl groups excluding tert-OH is 1. The van der Waals surface area contributed by atoms with Crippen molar-refractivity contribution in [3.8, 4) is 17.1 Å². The molecule has 0 spiro atoms. The number of aromatic nitrogens is 4. The average Bonchev–Trinajstić information content (AvgIpc) is 3.08. The third-order valence-electron chi connectivity index (χ3n) is 5.07. The highest BCUT2D eigenvalue weighted by molar-refractivity contribution is 7.89. The van der Waals surface area contributed by atoms with E-state index in [4.69, 9.17) is 4.74 Å². The number of imidazole rings is 1. The van der Waals surface area contributed by atoms with Gasteiger partial charge in [-0.05, 0) is 44.9 Å². The molecule has 10 nitrogen and oxygen atoms in total. The Morgan fingerprint density at radius 2 is 2.03 bits per heavy atom. The summed E-state index contributed by atoms with van der Waals surface area (Å²) in [6.45, 7) is 7.37. The summed E-state index contributed by atoms with van der Waals surface area (Å²) in [6, 6.07) is 3.75. The highest BCUT2D eigenvalue weighted by Gasteiger charge is 2.22. The summed E-state index contributed by atoms with van der Waals surface area (Å²) < 4.78 is 35.4. The normalized spacial score (nSPS) is 12.9. The minimum atomic E-state index is -3.92. The van der Waals surface area contributed by atoms with E-state index in [1.165, 1.54) is 22.7 Å². The molecule has 11 heteroatoms. The van der Waals surface area contributed by atoms with Crippen molar-refractivity contribution in [1.29, 1.82) is 0 Å². The van der Waals surface area contributed by atoms with Crippen LogP contribution in [0.4, 0.5) is 0 Å². The second-order valence-corrected chi connectivity index (χ2v) is 9.14. The molecule has 174 valence electrons. The maximum Gasteiger partial charge on any atom is 0.277 e. The summed E-state index contributed by atoms with van der Waals surface area (Å²) in [4.78, 5) is 20.0. The summed E-state index contributed by atoms with van der Waals surface area (Å²) in [5.74, 6) is 1.22. The van der Waals surface area contributed by atoms with Crippen molar-refractivity contribution in [2.75, 3.05) is 13.2 Å². The number of aryl methyl sites for hydroxylation is 2. The highest BCUT2D eigenvalue weighted by Crippen LogP contribution is 2.30. The van der Waals surface area contributed by atoms with Gasteiger partial charge in [0.15, 0.2) is 11.3 Å². The summed E-state index contributed by atoms with van der Waals surface area (Å²) in [6.07, 6.45) is 1.90. The van der Waals surface area contributed by atoms with Gasteiger partial charge in [0.1, 0.15) is 11.6 Å². The van der Waals surface area contributed by atoms with E-state index in [-0.39, 0.29) is 22.9 Å². The van der Waals surface area contributed by atoms with Crippen LogP contribution in [0.1, 0.15) is 45.1 Å². The fraction of sp³-hybridized carbons (Fsp3) is 0.476. The number of H-pyrrole nitrogens is 1. The Balaban J connectivity index is 2.20. The maximum absolute atomic E-state index is 12.9. The van der Waals surface area contributed by atoms with Crippen LogP contribution in [0.3, 0.4) is 0 Å². The van der Waals surface area contributed by atoms with E-state index in [0.717, 1.165) is 6.42 Å². The van der Waals surface area contributed by atoms with E-state index < -0.39 is 16.1 Å². The number of ether oxygens (including phenoxy) is 1. The third-order valence-corrected chi connectivity index (χ3v) is 6.59. The molecule has 0 saturated heterocycles. The number of fused-ring (bicyclic) bond motifs is 1. The van der Waals surface area contributed by atoms with Gasteiger partial charge in [-0.1, -0.05) is 13.8 Å². The summed E-state index contributed by atoms with van der Waals surface area (Å²) in [5, 5.41) is 13.9. The molecule has 0 saturated carbocycles. The van der Waals surface area contributed by atoms with Crippen LogP contribution in [0, 0.1) is 6.92 Å². The van der Waals surface area contributed by atoms with Crippen LogP contribution in [0.5, 0.6) is 5.75 Å². The van der Waals surface area contributed by atoms with Crippen molar-refractivity contribution in [2.24, 2.45) is 0 Å². The highest BCUT2D eigenvalue weighted by atomic mass is 32.2. The van der Waals surface area contributed by atoms with Gasteiger partial charge < -0.3 is 14.8 Å². The van der Waals surface area contributed by atoms with Crippen LogP contribution in [0.25, 0.3) is 16.9 Å². The first-order valence-corrected chi connectivity index (χ1v) is 12.1. The Morgan fingerprint density at radius 1 is 1.28 bits per heavy atom. The molecule has 0 aliphatic rings. The lowest BCUT2D eigenvalue weighted by Gasteiger charge is -2.16. The first kappa shape index (κ1) is 23.9. The topological polar surface area (TPSA) is 139 Å². The van der Waals surface area contributed by atoms with E-state index >= 15 is 0 Å². The van der Waals surface area contributed by atoms with Crippen molar-refractivity contribution in [1.82, 2.24) is 24.3 Å². The van der Waals surface area contributed by atoms with Crippen LogP contribution < -0.4 is 15.0 Å². The predicted octanol–water partition coefficient (Wildman–Crippen LogP) is 1.79. The zero-order chi connectivity index (χ0) is 23.5. The third kappa shape index (κ3) is 4.69. The Bertz CT molecular complexity index is 1260. The Labute approximate surface area is 186 Å². The first-order chi connectivity index (χ1) is 15.2. The van der Waals surface area contributed by atoms with Crippen LogP contribution >= 0.6 is 0 Å². The first-order valence-electron chi connectivity index (χ1n) is 10.6. The van der Waals surface area contributed by atoms with Gasteiger partial charge in [-0.3, -0.25) is 4.79 Å². The Hall–Kier alpha value is -2.76. The van der Waals surface area contributed by atoms with Crippen LogP contribution in [0.2, 0.25) is 0 Å². The van der Waals surface area contributed by atoms with Gasteiger partial charge in [0.2, 0.25) is 10.0 Å². The quantitative estimate of drug-likeness (QED) is 0.417. The van der Waals surface area contributed by atoms with Gasteiger partial charge in [-0.15, -0.1) is 5.10 Å². The zero-order valence-corrected chi connectivity index (χ0v) is 19.5. The summed E-state index contributed by atoms with van der Waals surface area (Å²) in [5.41, 5.74) is 0.894. The smallest absolute Gasteiger partial charge is 0.277 e. The molecule has 0 amide bonds. The van der Waals surface area contributed by atoms with E-state index in [9.17, 15) is 18.3 Å². The van der Waals surface area contributed by atoms with Gasteiger partial charge >= 0.3 is 0 Å². The molecular weight excluding hydrogens is 434 g/mol. The fourth-order valence-electron chi connectivity index (χ4n) is 3.42. The van der Waals surface area contributed by atoms with Crippen LogP contribution in [-0.4, -0.2) is 52.4 Å². The number of aromatic amines is 1. The number of aliphatic hydroxyl groups is 1. The van der Waals surface area contributed by atoms with Gasteiger partial charge in [0.05, 0.1) is 29.4 Å². The lowest BCUT2D eigenvalue weighted by atomic mass is 10.2. The van der Waals surface area contributed by atoms with E-state index in [1.807, 2.05) is 6.92 Å². The zero-order valence-electron chi connectivity index (χ0n) is 18.7. The van der Waals surface area contributed by atoms with Crippen molar-refractivity contribution >= 4 is 15.5 Å². The van der Waals surface area contributed by atoms with E-state index in [1.54, 1.807) is 20.8 Å². The van der Waals surface area contributed by atoms with Crippen molar-refractivity contribution < 1.29 is 18.3 Å². The molecule has 0 bridgehead atoms. The molecule has 3 aromatic rings. The molecule has 1 aromatic carbocycles. The van der Waals surface area contributed by atoms with Crippen LogP contribution in [0.15, 0.2) is 27.9 Å². The minimum absolute atomic E-state index is 0.0267. The van der Waals surface area contributed by atoms with Crippen LogP contribution in [-0.2, 0) is 16.4 Å². The van der Waals surface area contributed by atoms with E-state index in [0.29, 0.717) is 47.8 Å². The molecule has 0 fully saturated rings. The molecular formula is C21H29N5O5S. The second-order valence-electron chi connectivity index (χ2n) is 7.43. The van der Waals surface area contributed by atoms with Gasteiger partial charge in [-0.25, -0.2) is 22.6 Å². The molecule has 2 aromatic heterocycles. The number of nitrogens with zero attached hydrogens (tertiary/aromatic N) is 3. The van der Waals surface area contributed by atoms with Gasteiger partial charge in [0, 0.05) is 12.5 Å².